The smallest absolute Gasteiger partial charge is 0.339 e. The molecule has 0 unspecified atom stereocenters. The summed E-state index contributed by atoms with van der Waals surface area (Å²) in [6.07, 6.45) is 0. The number of fused-ring (bicyclic) bond motifs is 3. The minimum absolute atomic E-state index is 0.111. The van der Waals surface area contributed by atoms with Gasteiger partial charge >= 0.3 is 11.9 Å². The van der Waals surface area contributed by atoms with E-state index in [-0.39, 0.29) is 32.3 Å². The lowest BCUT2D eigenvalue weighted by Crippen LogP contribution is -2.20. The molecule has 2 aromatic rings. The van der Waals surface area contributed by atoms with Crippen LogP contribution in [0.2, 0.25) is 10.0 Å². The predicted octanol–water partition coefficient (Wildman–Crippen LogP) is 3.56. The monoisotopic (exact) mass is 364 g/mol. The van der Waals surface area contributed by atoms with Crippen LogP contribution in [0.3, 0.4) is 0 Å². The van der Waals surface area contributed by atoms with E-state index in [1.165, 1.54) is 12.1 Å². The number of esters is 2. The molecular weight excluding hydrogens is 355 g/mol. The van der Waals surface area contributed by atoms with Crippen molar-refractivity contribution in [2.45, 2.75) is 0 Å². The summed E-state index contributed by atoms with van der Waals surface area (Å²) in [6, 6.07) is 9.25. The van der Waals surface area contributed by atoms with Crippen molar-refractivity contribution in [3.05, 3.63) is 57.6 Å². The number of hydrogen-bond acceptors (Lipinski definition) is 5. The van der Waals surface area contributed by atoms with Crippen molar-refractivity contribution in [1.82, 2.24) is 0 Å². The Morgan fingerprint density at radius 1 is 0.708 bits per heavy atom. The molecule has 1 aliphatic rings. The fraction of sp³-hybridized carbons (Fsp3) is 0.118. The van der Waals surface area contributed by atoms with Gasteiger partial charge in [0.25, 0.3) is 0 Å². The first-order valence-electron chi connectivity index (χ1n) is 6.92. The molecule has 122 valence electrons. The van der Waals surface area contributed by atoms with Crippen molar-refractivity contribution < 1.29 is 23.9 Å². The van der Waals surface area contributed by atoms with Crippen molar-refractivity contribution in [3.8, 4) is 11.1 Å². The number of ether oxygens (including phenoxy) is 2. The Morgan fingerprint density at radius 3 is 1.54 bits per heavy atom. The number of carbonyl (C=O) groups excluding carboxylic acids is 3. The summed E-state index contributed by atoms with van der Waals surface area (Å²) in [4.78, 5) is 36.3. The number of cyclic esters (lactones) is 2. The highest BCUT2D eigenvalue weighted by Crippen LogP contribution is 2.39. The van der Waals surface area contributed by atoms with E-state index in [2.05, 4.69) is 0 Å². The molecule has 7 heteroatoms. The summed E-state index contributed by atoms with van der Waals surface area (Å²) in [5.74, 6) is -2.01. The van der Waals surface area contributed by atoms with Crippen molar-refractivity contribution in [1.29, 1.82) is 0 Å². The fourth-order valence-corrected chi connectivity index (χ4v) is 2.92. The van der Waals surface area contributed by atoms with Crippen LogP contribution in [0, 0.1) is 0 Å². The van der Waals surface area contributed by atoms with Crippen LogP contribution < -0.4 is 0 Å². The summed E-state index contributed by atoms with van der Waals surface area (Å²) in [7, 11) is 0. The zero-order chi connectivity index (χ0) is 17.3. The van der Waals surface area contributed by atoms with Gasteiger partial charge in [0.05, 0.1) is 11.1 Å². The first-order chi connectivity index (χ1) is 11.5. The van der Waals surface area contributed by atoms with Gasteiger partial charge in [-0.05, 0) is 24.3 Å². The van der Waals surface area contributed by atoms with Gasteiger partial charge in [0, 0.05) is 21.2 Å². The number of ketones is 1. The van der Waals surface area contributed by atoms with Gasteiger partial charge in [-0.25, -0.2) is 9.59 Å². The van der Waals surface area contributed by atoms with Gasteiger partial charge in [0.1, 0.15) is 0 Å². The molecule has 24 heavy (non-hydrogen) atoms. The molecule has 0 fully saturated rings. The third kappa shape index (κ3) is 3.00. The van der Waals surface area contributed by atoms with Gasteiger partial charge in [-0.15, -0.1) is 0 Å². The molecule has 1 aliphatic heterocycles. The summed E-state index contributed by atoms with van der Waals surface area (Å²) >= 11 is 12.5. The third-order valence-corrected chi connectivity index (χ3v) is 4.08. The van der Waals surface area contributed by atoms with E-state index in [4.69, 9.17) is 32.7 Å². The largest absolute Gasteiger partial charge is 0.454 e. The molecule has 0 spiro atoms. The molecule has 0 aromatic heterocycles. The molecule has 2 aromatic carbocycles. The van der Waals surface area contributed by atoms with Crippen LogP contribution in [-0.4, -0.2) is 30.9 Å². The molecule has 0 N–H and O–H groups in total. The average molecular weight is 365 g/mol. The third-order valence-electron chi connectivity index (χ3n) is 3.45. The Morgan fingerprint density at radius 2 is 1.12 bits per heavy atom. The Labute approximate surface area is 147 Å². The van der Waals surface area contributed by atoms with E-state index >= 15 is 0 Å². The highest BCUT2D eigenvalue weighted by atomic mass is 35.5. The van der Waals surface area contributed by atoms with Crippen LogP contribution in [0.15, 0.2) is 36.4 Å². The van der Waals surface area contributed by atoms with Crippen LogP contribution in [0.5, 0.6) is 0 Å². The number of rotatable bonds is 0. The average Bonchev–Trinajstić information content (AvgIpc) is 2.58. The molecule has 0 radical (unpaired) electrons. The first-order valence-corrected chi connectivity index (χ1v) is 7.68. The molecule has 0 aliphatic carbocycles. The van der Waals surface area contributed by atoms with Crippen molar-refractivity contribution >= 4 is 40.9 Å². The lowest BCUT2D eigenvalue weighted by molar-refractivity contribution is -0.125. The Bertz CT molecular complexity index is 791. The first kappa shape index (κ1) is 16.5. The SMILES string of the molecule is O=C1COC(=O)c2cccc(Cl)c2-c2c(Cl)cccc2C(=O)OC1. The van der Waals surface area contributed by atoms with Crippen molar-refractivity contribution in [2.75, 3.05) is 13.2 Å². The van der Waals surface area contributed by atoms with Gasteiger partial charge in [-0.1, -0.05) is 35.3 Å². The van der Waals surface area contributed by atoms with Crippen LogP contribution >= 0.6 is 23.2 Å². The molecule has 0 saturated heterocycles. The van der Waals surface area contributed by atoms with Crippen LogP contribution in [0.25, 0.3) is 11.1 Å². The lowest BCUT2D eigenvalue weighted by Gasteiger charge is -2.14. The van der Waals surface area contributed by atoms with Crippen LogP contribution in [0.4, 0.5) is 0 Å². The number of Topliss-reactive ketones (excluding diaryl/α,β-unsaturated/α-hetero) is 1. The molecule has 0 bridgehead atoms. The van der Waals surface area contributed by atoms with Crippen molar-refractivity contribution in [2.24, 2.45) is 0 Å². The molecule has 0 atom stereocenters. The van der Waals surface area contributed by atoms with Crippen LogP contribution in [-0.2, 0) is 14.3 Å². The summed E-state index contributed by atoms with van der Waals surface area (Å²) in [5, 5.41) is 0.439. The second-order valence-electron chi connectivity index (χ2n) is 5.02. The highest BCUT2D eigenvalue weighted by molar-refractivity contribution is 6.38. The van der Waals surface area contributed by atoms with E-state index in [9.17, 15) is 14.4 Å². The highest BCUT2D eigenvalue weighted by Gasteiger charge is 2.26. The maximum atomic E-state index is 12.3. The summed E-state index contributed by atoms with van der Waals surface area (Å²) in [5.41, 5.74) is 0.742. The minimum atomic E-state index is -0.735. The second-order valence-corrected chi connectivity index (χ2v) is 5.83. The number of hydrogen-bond donors (Lipinski definition) is 0. The topological polar surface area (TPSA) is 69.7 Å². The molecule has 3 rings (SSSR count). The zero-order valence-electron chi connectivity index (χ0n) is 12.2. The maximum absolute atomic E-state index is 12.3. The maximum Gasteiger partial charge on any atom is 0.339 e. The Hall–Kier alpha value is -2.37. The van der Waals surface area contributed by atoms with E-state index in [0.717, 1.165) is 0 Å². The Balaban J connectivity index is 2.33. The predicted molar refractivity (Wildman–Crippen MR) is 87.5 cm³/mol. The van der Waals surface area contributed by atoms with E-state index in [0.29, 0.717) is 0 Å². The fourth-order valence-electron chi connectivity index (χ4n) is 2.39. The van der Waals surface area contributed by atoms with Gasteiger partial charge in [-0.3, -0.25) is 4.79 Å². The summed E-state index contributed by atoms with van der Waals surface area (Å²) in [6.45, 7) is -0.996. The van der Waals surface area contributed by atoms with Gasteiger partial charge in [-0.2, -0.15) is 0 Å². The number of halogens is 2. The minimum Gasteiger partial charge on any atom is -0.454 e. The van der Waals surface area contributed by atoms with Crippen molar-refractivity contribution in [3.63, 3.8) is 0 Å². The van der Waals surface area contributed by atoms with E-state index < -0.39 is 30.9 Å². The molecule has 5 nitrogen and oxygen atoms in total. The molecule has 0 amide bonds. The van der Waals surface area contributed by atoms with E-state index in [1.54, 1.807) is 24.3 Å². The normalized spacial score (nSPS) is 14.8. The van der Waals surface area contributed by atoms with E-state index in [1.807, 2.05) is 0 Å². The quantitative estimate of drug-likeness (QED) is 0.668. The lowest BCUT2D eigenvalue weighted by atomic mass is 9.95. The Kier molecular flexibility index (Phi) is 4.55. The zero-order valence-corrected chi connectivity index (χ0v) is 13.7. The molecule has 1 heterocycles. The standard InChI is InChI=1S/C17H10Cl2O5/c18-12-5-1-3-10-14(12)15-11(4-2-6-13(15)19)17(22)24-8-9(20)7-23-16(10)21/h1-6H,7-8H2. The second kappa shape index (κ2) is 6.63. The van der Waals surface area contributed by atoms with Crippen LogP contribution in [0.1, 0.15) is 20.7 Å². The van der Waals surface area contributed by atoms with Gasteiger partial charge < -0.3 is 9.47 Å². The molecular formula is C17H10Cl2O5. The van der Waals surface area contributed by atoms with Gasteiger partial charge in [0.15, 0.2) is 13.2 Å². The number of carbonyl (C=O) groups is 3. The number of benzene rings is 2. The molecule has 0 saturated carbocycles. The van der Waals surface area contributed by atoms with Gasteiger partial charge in [0.2, 0.25) is 5.78 Å². The summed E-state index contributed by atoms with van der Waals surface area (Å²) < 4.78 is 9.95.